The summed E-state index contributed by atoms with van der Waals surface area (Å²) < 4.78 is 11.2. The number of carbonyl (C=O) groups excluding carboxylic acids is 1. The molecule has 1 aliphatic rings. The first-order valence-electron chi connectivity index (χ1n) is 13.7. The van der Waals surface area contributed by atoms with Crippen molar-refractivity contribution in [3.63, 3.8) is 0 Å². The van der Waals surface area contributed by atoms with Gasteiger partial charge < -0.3 is 9.15 Å². The fraction of sp³-hybridized carbons (Fsp3) is 0.242. The number of aryl methyl sites for hydroxylation is 1. The highest BCUT2D eigenvalue weighted by atomic mass is 32.1. The molecule has 1 aliphatic carbocycles. The van der Waals surface area contributed by atoms with Crippen molar-refractivity contribution < 1.29 is 13.9 Å². The Morgan fingerprint density at radius 1 is 1.00 bits per heavy atom. The van der Waals surface area contributed by atoms with E-state index in [0.717, 1.165) is 27.8 Å². The van der Waals surface area contributed by atoms with E-state index in [0.29, 0.717) is 34.6 Å². The number of rotatable bonds is 7. The van der Waals surface area contributed by atoms with E-state index >= 15 is 0 Å². The first-order valence-corrected chi connectivity index (χ1v) is 14.5. The highest BCUT2D eigenvalue weighted by Gasteiger charge is 2.16. The zero-order chi connectivity index (χ0) is 27.5. The fourth-order valence-electron chi connectivity index (χ4n) is 5.31. The number of anilines is 1. The summed E-state index contributed by atoms with van der Waals surface area (Å²) in [4.78, 5) is 29.2. The topological polar surface area (TPSA) is 81.4 Å². The molecule has 7 heteroatoms. The normalized spacial score (nSPS) is 13.8. The number of ether oxygens (including phenoxy) is 1. The molecule has 0 radical (unpaired) electrons. The molecule has 5 aromatic rings. The first kappa shape index (κ1) is 26.0. The summed E-state index contributed by atoms with van der Waals surface area (Å²) in [6.07, 6.45) is 6.57. The van der Waals surface area contributed by atoms with Crippen LogP contribution in [0.15, 0.2) is 87.4 Å². The molecule has 1 amide bonds. The zero-order valence-electron chi connectivity index (χ0n) is 22.3. The Bertz CT molecular complexity index is 1700. The summed E-state index contributed by atoms with van der Waals surface area (Å²) in [5.41, 5.74) is 5.78. The number of amides is 1. The lowest BCUT2D eigenvalue weighted by atomic mass is 9.84. The second kappa shape index (κ2) is 11.5. The molecule has 1 saturated carbocycles. The molecule has 0 saturated heterocycles. The van der Waals surface area contributed by atoms with E-state index < -0.39 is 0 Å². The molecule has 0 bridgehead atoms. The van der Waals surface area contributed by atoms with Gasteiger partial charge in [-0.05, 0) is 66.6 Å². The van der Waals surface area contributed by atoms with Crippen LogP contribution in [0.4, 0.5) is 5.13 Å². The number of nitrogens with one attached hydrogen (secondary N) is 1. The number of benzene rings is 3. The van der Waals surface area contributed by atoms with Crippen LogP contribution in [0.5, 0.6) is 5.75 Å². The average molecular weight is 551 g/mol. The van der Waals surface area contributed by atoms with Crippen LogP contribution in [-0.2, 0) is 6.61 Å². The van der Waals surface area contributed by atoms with E-state index in [1.807, 2.05) is 36.6 Å². The van der Waals surface area contributed by atoms with Crippen molar-refractivity contribution in [2.75, 3.05) is 5.32 Å². The predicted octanol–water partition coefficient (Wildman–Crippen LogP) is 8.10. The van der Waals surface area contributed by atoms with Crippen LogP contribution in [0.3, 0.4) is 0 Å². The van der Waals surface area contributed by atoms with Gasteiger partial charge in [0.1, 0.15) is 17.9 Å². The molecule has 1 fully saturated rings. The molecule has 2 aromatic heterocycles. The minimum atomic E-state index is -0.381. The largest absolute Gasteiger partial charge is 0.489 e. The Labute approximate surface area is 236 Å². The molecule has 40 heavy (non-hydrogen) atoms. The third-order valence-electron chi connectivity index (χ3n) is 7.55. The van der Waals surface area contributed by atoms with Gasteiger partial charge in [-0.25, -0.2) is 9.78 Å². The van der Waals surface area contributed by atoms with E-state index in [9.17, 15) is 9.59 Å². The average Bonchev–Trinajstić information content (AvgIpc) is 3.45. The van der Waals surface area contributed by atoms with Gasteiger partial charge in [-0.2, -0.15) is 0 Å². The molecule has 6 rings (SSSR count). The Balaban J connectivity index is 1.05. The molecular formula is C33H30N2O4S. The molecule has 0 spiro atoms. The Kier molecular flexibility index (Phi) is 7.47. The standard InChI is InChI=1S/C33H30N2O4S/c1-21-17-31(36)39-30-18-27(15-16-28(21)30)38-19-22-7-9-26(10-8-22)32(37)35-33-34-29(20-40-33)25-13-11-24(12-14-25)23-5-3-2-4-6-23/h7-18,20,23H,2-6,19H2,1H3,(H,34,35,37). The molecule has 0 atom stereocenters. The lowest BCUT2D eigenvalue weighted by Crippen LogP contribution is -2.11. The van der Waals surface area contributed by atoms with Gasteiger partial charge in [-0.15, -0.1) is 11.3 Å². The van der Waals surface area contributed by atoms with Crippen molar-refractivity contribution in [2.24, 2.45) is 0 Å². The lowest BCUT2D eigenvalue weighted by Gasteiger charge is -2.22. The fourth-order valence-corrected chi connectivity index (χ4v) is 6.02. The van der Waals surface area contributed by atoms with E-state index in [4.69, 9.17) is 9.15 Å². The summed E-state index contributed by atoms with van der Waals surface area (Å²) in [6, 6.07) is 22.9. The van der Waals surface area contributed by atoms with Gasteiger partial charge in [0.05, 0.1) is 5.69 Å². The second-order valence-electron chi connectivity index (χ2n) is 10.3. The first-order chi connectivity index (χ1) is 19.5. The highest BCUT2D eigenvalue weighted by Crippen LogP contribution is 2.34. The molecule has 0 unspecified atom stereocenters. The maximum Gasteiger partial charge on any atom is 0.336 e. The van der Waals surface area contributed by atoms with Gasteiger partial charge in [-0.3, -0.25) is 10.1 Å². The van der Waals surface area contributed by atoms with Crippen LogP contribution in [0.2, 0.25) is 0 Å². The van der Waals surface area contributed by atoms with Gasteiger partial charge >= 0.3 is 5.63 Å². The van der Waals surface area contributed by atoms with Gasteiger partial charge in [0.25, 0.3) is 5.91 Å². The number of nitrogens with zero attached hydrogens (tertiary/aromatic N) is 1. The Morgan fingerprint density at radius 3 is 2.55 bits per heavy atom. The van der Waals surface area contributed by atoms with E-state index in [2.05, 4.69) is 34.6 Å². The number of thiazole rings is 1. The highest BCUT2D eigenvalue weighted by molar-refractivity contribution is 7.14. The van der Waals surface area contributed by atoms with Gasteiger partial charge in [0, 0.05) is 34.0 Å². The minimum absolute atomic E-state index is 0.207. The number of hydrogen-bond acceptors (Lipinski definition) is 6. The van der Waals surface area contributed by atoms with Crippen molar-refractivity contribution in [2.45, 2.75) is 51.6 Å². The molecule has 202 valence electrons. The van der Waals surface area contributed by atoms with Crippen molar-refractivity contribution >= 4 is 33.3 Å². The Hall–Kier alpha value is -4.23. The summed E-state index contributed by atoms with van der Waals surface area (Å²) in [5.74, 6) is 1.07. The number of fused-ring (bicyclic) bond motifs is 1. The maximum atomic E-state index is 12.8. The van der Waals surface area contributed by atoms with Gasteiger partial charge in [0.15, 0.2) is 5.13 Å². The van der Waals surface area contributed by atoms with Crippen LogP contribution in [-0.4, -0.2) is 10.9 Å². The Morgan fingerprint density at radius 2 is 1.77 bits per heavy atom. The van der Waals surface area contributed by atoms with Crippen LogP contribution in [0, 0.1) is 6.92 Å². The molecule has 3 aromatic carbocycles. The van der Waals surface area contributed by atoms with Crippen LogP contribution < -0.4 is 15.7 Å². The summed E-state index contributed by atoms with van der Waals surface area (Å²) in [7, 11) is 0. The quantitative estimate of drug-likeness (QED) is 0.207. The monoisotopic (exact) mass is 550 g/mol. The van der Waals surface area contributed by atoms with Crippen LogP contribution in [0.1, 0.15) is 65.1 Å². The molecule has 6 nitrogen and oxygen atoms in total. The van der Waals surface area contributed by atoms with E-state index in [1.54, 1.807) is 18.2 Å². The number of hydrogen-bond donors (Lipinski definition) is 1. The van der Waals surface area contributed by atoms with Gasteiger partial charge in [0.2, 0.25) is 0 Å². The minimum Gasteiger partial charge on any atom is -0.489 e. The third-order valence-corrected chi connectivity index (χ3v) is 8.31. The van der Waals surface area contributed by atoms with E-state index in [-0.39, 0.29) is 11.5 Å². The van der Waals surface area contributed by atoms with Crippen molar-refractivity contribution in [3.8, 4) is 17.0 Å². The smallest absolute Gasteiger partial charge is 0.336 e. The van der Waals surface area contributed by atoms with Crippen molar-refractivity contribution in [1.29, 1.82) is 0 Å². The van der Waals surface area contributed by atoms with Crippen LogP contribution >= 0.6 is 11.3 Å². The predicted molar refractivity (Wildman–Crippen MR) is 159 cm³/mol. The second-order valence-corrected chi connectivity index (χ2v) is 11.2. The summed E-state index contributed by atoms with van der Waals surface area (Å²) in [5, 5.41) is 6.34. The van der Waals surface area contributed by atoms with Gasteiger partial charge in [-0.1, -0.05) is 55.7 Å². The molecule has 2 heterocycles. The third kappa shape index (κ3) is 5.84. The van der Waals surface area contributed by atoms with Crippen molar-refractivity contribution in [1.82, 2.24) is 4.98 Å². The molecule has 0 aliphatic heterocycles. The molecular weight excluding hydrogens is 520 g/mol. The lowest BCUT2D eigenvalue weighted by molar-refractivity contribution is 0.102. The summed E-state index contributed by atoms with van der Waals surface area (Å²) in [6.45, 7) is 2.19. The van der Waals surface area contributed by atoms with Crippen LogP contribution in [0.25, 0.3) is 22.2 Å². The molecule has 1 N–H and O–H groups in total. The zero-order valence-corrected chi connectivity index (χ0v) is 23.1. The van der Waals surface area contributed by atoms with E-state index in [1.165, 1.54) is 55.1 Å². The summed E-state index contributed by atoms with van der Waals surface area (Å²) >= 11 is 1.42. The SMILES string of the molecule is Cc1cc(=O)oc2cc(OCc3ccc(C(=O)Nc4nc(-c5ccc(C6CCCCC6)cc5)cs4)cc3)ccc12. The number of aromatic nitrogens is 1. The number of carbonyl (C=O) groups is 1. The maximum absolute atomic E-state index is 12.8. The van der Waals surface area contributed by atoms with Crippen molar-refractivity contribution in [3.05, 3.63) is 111 Å².